The summed E-state index contributed by atoms with van der Waals surface area (Å²) >= 11 is 4.80. The number of nitrogen functional groups attached to an aromatic ring is 1. The molecule has 2 rings (SSSR count). The first-order chi connectivity index (χ1) is 7.17. The fourth-order valence-electron chi connectivity index (χ4n) is 1.36. The van der Waals surface area contributed by atoms with Crippen LogP contribution in [0.4, 0.5) is 5.13 Å². The first-order valence-corrected chi connectivity index (χ1v) is 5.74. The van der Waals surface area contributed by atoms with Gasteiger partial charge in [0, 0.05) is 10.5 Å². The van der Waals surface area contributed by atoms with Crippen molar-refractivity contribution in [3.63, 3.8) is 0 Å². The first-order valence-electron chi connectivity index (χ1n) is 4.14. The molecular formula is C9H9BrN2O2S. The van der Waals surface area contributed by atoms with E-state index in [1.807, 2.05) is 6.07 Å². The normalized spacial score (nSPS) is 10.6. The smallest absolute Gasteiger partial charge is 0.181 e. The number of hydrogen-bond donors (Lipinski definition) is 1. The van der Waals surface area contributed by atoms with Crippen molar-refractivity contribution in [2.75, 3.05) is 20.0 Å². The van der Waals surface area contributed by atoms with Gasteiger partial charge in [-0.25, -0.2) is 4.98 Å². The Kier molecular flexibility index (Phi) is 2.70. The van der Waals surface area contributed by atoms with E-state index < -0.39 is 0 Å². The summed E-state index contributed by atoms with van der Waals surface area (Å²) in [7, 11) is 3.20. The van der Waals surface area contributed by atoms with Gasteiger partial charge < -0.3 is 15.2 Å². The predicted molar refractivity (Wildman–Crippen MR) is 64.8 cm³/mol. The van der Waals surface area contributed by atoms with Gasteiger partial charge in [0.05, 0.1) is 14.2 Å². The van der Waals surface area contributed by atoms with E-state index in [4.69, 9.17) is 15.2 Å². The number of nitrogens with zero attached hydrogens (tertiary/aromatic N) is 1. The van der Waals surface area contributed by atoms with Crippen molar-refractivity contribution in [3.8, 4) is 11.5 Å². The number of aromatic nitrogens is 1. The Balaban J connectivity index is 2.84. The molecule has 0 bridgehead atoms. The molecule has 0 spiro atoms. The van der Waals surface area contributed by atoms with E-state index in [1.54, 1.807) is 14.2 Å². The Morgan fingerprint density at radius 3 is 2.73 bits per heavy atom. The average molecular weight is 289 g/mol. The van der Waals surface area contributed by atoms with E-state index >= 15 is 0 Å². The van der Waals surface area contributed by atoms with Crippen LogP contribution in [0.5, 0.6) is 11.5 Å². The summed E-state index contributed by atoms with van der Waals surface area (Å²) in [6.07, 6.45) is 0. The van der Waals surface area contributed by atoms with Gasteiger partial charge in [-0.05, 0) is 15.9 Å². The molecule has 0 unspecified atom stereocenters. The molecule has 4 nitrogen and oxygen atoms in total. The molecule has 80 valence electrons. The first kappa shape index (κ1) is 10.5. The fraction of sp³-hybridized carbons (Fsp3) is 0.222. The molecule has 0 atom stereocenters. The highest BCUT2D eigenvalue weighted by Gasteiger charge is 2.16. The standard InChI is InChI=1S/C9H9BrN2O2S/c1-13-5-3-4(10)6-8(7(5)14-2)15-9(11)12-6/h3H,1-2H3,(H2,11,12). The molecule has 0 aliphatic heterocycles. The maximum Gasteiger partial charge on any atom is 0.181 e. The minimum absolute atomic E-state index is 0.511. The average Bonchev–Trinajstić information content (AvgIpc) is 2.60. The van der Waals surface area contributed by atoms with Gasteiger partial charge >= 0.3 is 0 Å². The summed E-state index contributed by atoms with van der Waals surface area (Å²) in [6, 6.07) is 1.82. The zero-order valence-electron chi connectivity index (χ0n) is 8.20. The Bertz CT molecular complexity index is 512. The molecule has 0 radical (unpaired) electrons. The number of thiazole rings is 1. The van der Waals surface area contributed by atoms with Crippen LogP contribution in [0.2, 0.25) is 0 Å². The summed E-state index contributed by atoms with van der Waals surface area (Å²) in [5.74, 6) is 1.34. The summed E-state index contributed by atoms with van der Waals surface area (Å²) in [6.45, 7) is 0. The summed E-state index contributed by atoms with van der Waals surface area (Å²) in [5.41, 5.74) is 6.47. The molecule has 2 aromatic rings. The van der Waals surface area contributed by atoms with E-state index in [9.17, 15) is 0 Å². The summed E-state index contributed by atoms with van der Waals surface area (Å²) in [5, 5.41) is 0.511. The molecule has 2 N–H and O–H groups in total. The van der Waals surface area contributed by atoms with Gasteiger partial charge in [-0.2, -0.15) is 0 Å². The van der Waals surface area contributed by atoms with Crippen molar-refractivity contribution >= 4 is 42.6 Å². The van der Waals surface area contributed by atoms with Gasteiger partial charge in [0.2, 0.25) is 0 Å². The lowest BCUT2D eigenvalue weighted by Gasteiger charge is -2.08. The SMILES string of the molecule is COc1cc(Br)c2nc(N)sc2c1OC. The van der Waals surface area contributed by atoms with Crippen molar-refractivity contribution in [3.05, 3.63) is 10.5 Å². The third-order valence-corrected chi connectivity index (χ3v) is 3.47. The second-order valence-electron chi connectivity index (χ2n) is 2.82. The van der Waals surface area contributed by atoms with Crippen LogP contribution in [0.25, 0.3) is 10.2 Å². The molecule has 15 heavy (non-hydrogen) atoms. The third kappa shape index (κ3) is 1.63. The third-order valence-electron chi connectivity index (χ3n) is 1.98. The minimum Gasteiger partial charge on any atom is -0.493 e. The zero-order chi connectivity index (χ0) is 11.0. The Labute approximate surface area is 99.1 Å². The van der Waals surface area contributed by atoms with Crippen molar-refractivity contribution < 1.29 is 9.47 Å². The maximum absolute atomic E-state index is 5.66. The monoisotopic (exact) mass is 288 g/mol. The summed E-state index contributed by atoms with van der Waals surface area (Å²) < 4.78 is 12.2. The molecular weight excluding hydrogens is 280 g/mol. The molecule has 0 saturated carbocycles. The van der Waals surface area contributed by atoms with Crippen LogP contribution in [-0.2, 0) is 0 Å². The Hall–Kier alpha value is -1.01. The van der Waals surface area contributed by atoms with Crippen molar-refractivity contribution in [2.45, 2.75) is 0 Å². The highest BCUT2D eigenvalue weighted by Crippen LogP contribution is 2.43. The van der Waals surface area contributed by atoms with Crippen LogP contribution in [0, 0.1) is 0 Å². The van der Waals surface area contributed by atoms with Crippen LogP contribution >= 0.6 is 27.3 Å². The summed E-state index contributed by atoms with van der Waals surface area (Å²) in [4.78, 5) is 4.21. The quantitative estimate of drug-likeness (QED) is 0.923. The van der Waals surface area contributed by atoms with E-state index in [2.05, 4.69) is 20.9 Å². The lowest BCUT2D eigenvalue weighted by Crippen LogP contribution is -1.90. The van der Waals surface area contributed by atoms with Gasteiger partial charge in [-0.3, -0.25) is 0 Å². The molecule has 1 aromatic carbocycles. The number of fused-ring (bicyclic) bond motifs is 1. The number of nitrogens with two attached hydrogens (primary N) is 1. The molecule has 0 fully saturated rings. The van der Waals surface area contributed by atoms with Crippen molar-refractivity contribution in [1.29, 1.82) is 0 Å². The van der Waals surface area contributed by atoms with Gasteiger partial charge in [0.15, 0.2) is 16.6 Å². The largest absolute Gasteiger partial charge is 0.493 e. The fourth-order valence-corrected chi connectivity index (χ4v) is 2.86. The van der Waals surface area contributed by atoms with Gasteiger partial charge in [-0.1, -0.05) is 11.3 Å². The highest BCUT2D eigenvalue weighted by atomic mass is 79.9. The number of rotatable bonds is 2. The number of ether oxygens (including phenoxy) is 2. The second-order valence-corrected chi connectivity index (χ2v) is 4.71. The minimum atomic E-state index is 0.511. The predicted octanol–water partition coefficient (Wildman–Crippen LogP) is 2.66. The van der Waals surface area contributed by atoms with Crippen LogP contribution in [0.1, 0.15) is 0 Å². The maximum atomic E-state index is 5.66. The number of hydrogen-bond acceptors (Lipinski definition) is 5. The Morgan fingerprint density at radius 2 is 2.13 bits per heavy atom. The van der Waals surface area contributed by atoms with Crippen molar-refractivity contribution in [2.24, 2.45) is 0 Å². The van der Waals surface area contributed by atoms with E-state index in [0.29, 0.717) is 16.6 Å². The van der Waals surface area contributed by atoms with Crippen LogP contribution in [0.15, 0.2) is 10.5 Å². The highest BCUT2D eigenvalue weighted by molar-refractivity contribution is 9.10. The van der Waals surface area contributed by atoms with E-state index in [1.165, 1.54) is 11.3 Å². The van der Waals surface area contributed by atoms with Crippen LogP contribution < -0.4 is 15.2 Å². The number of halogens is 1. The molecule has 0 amide bonds. The topological polar surface area (TPSA) is 57.4 Å². The van der Waals surface area contributed by atoms with Gasteiger partial charge in [0.25, 0.3) is 0 Å². The van der Waals surface area contributed by atoms with Gasteiger partial charge in [-0.15, -0.1) is 0 Å². The van der Waals surface area contributed by atoms with Crippen LogP contribution in [0.3, 0.4) is 0 Å². The van der Waals surface area contributed by atoms with Crippen LogP contribution in [-0.4, -0.2) is 19.2 Å². The second kappa shape index (κ2) is 3.86. The number of methoxy groups -OCH3 is 2. The molecule has 0 saturated heterocycles. The van der Waals surface area contributed by atoms with E-state index in [-0.39, 0.29) is 0 Å². The molecule has 1 aromatic heterocycles. The lowest BCUT2D eigenvalue weighted by molar-refractivity contribution is 0.359. The molecule has 0 aliphatic carbocycles. The molecule has 6 heteroatoms. The number of benzene rings is 1. The van der Waals surface area contributed by atoms with Crippen molar-refractivity contribution in [1.82, 2.24) is 4.98 Å². The lowest BCUT2D eigenvalue weighted by atomic mass is 10.3. The Morgan fingerprint density at radius 1 is 1.40 bits per heavy atom. The zero-order valence-corrected chi connectivity index (χ0v) is 10.6. The molecule has 0 aliphatic rings. The van der Waals surface area contributed by atoms with Gasteiger partial charge in [0.1, 0.15) is 10.2 Å². The van der Waals surface area contributed by atoms with E-state index in [0.717, 1.165) is 14.7 Å². The molecule has 1 heterocycles. The number of anilines is 1.